The van der Waals surface area contributed by atoms with Gasteiger partial charge >= 0.3 is 5.97 Å². The molecule has 0 unspecified atom stereocenters. The number of carboxylic acids is 1. The van der Waals surface area contributed by atoms with Crippen LogP contribution in [0.15, 0.2) is 36.5 Å². The molecule has 1 amide bonds. The van der Waals surface area contributed by atoms with Crippen LogP contribution in [-0.4, -0.2) is 22.0 Å². The smallest absolute Gasteiger partial charge is 0.328 e. The number of amides is 1. The molecule has 5 heteroatoms. The monoisotopic (exact) mass is 206 g/mol. The molecule has 0 aliphatic rings. The van der Waals surface area contributed by atoms with Gasteiger partial charge in [0.05, 0.1) is 12.2 Å². The van der Waals surface area contributed by atoms with E-state index in [1.54, 1.807) is 18.3 Å². The number of nitrogens with zero attached hydrogens (tertiary/aromatic N) is 1. The van der Waals surface area contributed by atoms with Gasteiger partial charge < -0.3 is 10.4 Å². The molecular formula is C10H10N2O3. The van der Waals surface area contributed by atoms with Crippen LogP contribution in [0, 0.1) is 0 Å². The largest absolute Gasteiger partial charge is 0.478 e. The van der Waals surface area contributed by atoms with Gasteiger partial charge in [-0.15, -0.1) is 0 Å². The molecule has 0 saturated carbocycles. The van der Waals surface area contributed by atoms with Gasteiger partial charge in [-0.2, -0.15) is 0 Å². The second-order valence-corrected chi connectivity index (χ2v) is 2.71. The average Bonchev–Trinajstić information content (AvgIpc) is 2.25. The van der Waals surface area contributed by atoms with E-state index in [1.807, 2.05) is 6.07 Å². The van der Waals surface area contributed by atoms with E-state index in [4.69, 9.17) is 5.11 Å². The van der Waals surface area contributed by atoms with Crippen LogP contribution in [0.5, 0.6) is 0 Å². The molecule has 0 radical (unpaired) electrons. The fraction of sp³-hybridized carbons (Fsp3) is 0.100. The number of carboxylic acid groups (broad SMARTS) is 1. The summed E-state index contributed by atoms with van der Waals surface area (Å²) in [4.78, 5) is 25.1. The summed E-state index contributed by atoms with van der Waals surface area (Å²) in [6.45, 7) is 0.281. The van der Waals surface area contributed by atoms with E-state index >= 15 is 0 Å². The zero-order valence-corrected chi connectivity index (χ0v) is 7.88. The Kier molecular flexibility index (Phi) is 4.03. The lowest BCUT2D eigenvalue weighted by Crippen LogP contribution is -2.21. The number of hydrogen-bond donors (Lipinski definition) is 2. The Labute approximate surface area is 86.5 Å². The normalized spacial score (nSPS) is 10.1. The first kappa shape index (κ1) is 10.9. The number of aliphatic carboxylic acids is 1. The third-order valence-corrected chi connectivity index (χ3v) is 1.55. The summed E-state index contributed by atoms with van der Waals surface area (Å²) in [5.74, 6) is -1.61. The van der Waals surface area contributed by atoms with Crippen LogP contribution < -0.4 is 5.32 Å². The van der Waals surface area contributed by atoms with Crippen LogP contribution in [-0.2, 0) is 16.1 Å². The van der Waals surface area contributed by atoms with E-state index < -0.39 is 11.9 Å². The zero-order valence-electron chi connectivity index (χ0n) is 7.88. The van der Waals surface area contributed by atoms with Crippen molar-refractivity contribution in [2.24, 2.45) is 0 Å². The van der Waals surface area contributed by atoms with Gasteiger partial charge in [-0.05, 0) is 12.1 Å². The van der Waals surface area contributed by atoms with E-state index in [9.17, 15) is 9.59 Å². The number of hydrogen-bond acceptors (Lipinski definition) is 3. The van der Waals surface area contributed by atoms with Crippen LogP contribution in [0.1, 0.15) is 5.69 Å². The van der Waals surface area contributed by atoms with Gasteiger partial charge in [0.25, 0.3) is 0 Å². The molecule has 2 N–H and O–H groups in total. The number of carbonyl (C=O) groups is 2. The summed E-state index contributed by atoms with van der Waals surface area (Å²) >= 11 is 0. The lowest BCUT2D eigenvalue weighted by molar-refractivity contribution is -0.131. The fourth-order valence-corrected chi connectivity index (χ4v) is 0.886. The Morgan fingerprint density at radius 2 is 2.20 bits per heavy atom. The Bertz CT molecular complexity index is 374. The molecule has 1 rings (SSSR count). The van der Waals surface area contributed by atoms with E-state index in [2.05, 4.69) is 10.3 Å². The highest BCUT2D eigenvalue weighted by atomic mass is 16.4. The quantitative estimate of drug-likeness (QED) is 0.696. The second kappa shape index (κ2) is 5.54. The molecule has 0 atom stereocenters. The highest BCUT2D eigenvalue weighted by Gasteiger charge is 1.97. The second-order valence-electron chi connectivity index (χ2n) is 2.71. The van der Waals surface area contributed by atoms with Crippen LogP contribution in [0.3, 0.4) is 0 Å². The fourth-order valence-electron chi connectivity index (χ4n) is 0.886. The SMILES string of the molecule is O=C(O)/C=C\C(=O)NCc1ccccn1. The van der Waals surface area contributed by atoms with E-state index in [-0.39, 0.29) is 6.54 Å². The molecule has 0 bridgehead atoms. The van der Waals surface area contributed by atoms with Gasteiger partial charge in [0.2, 0.25) is 5.91 Å². The molecule has 1 aromatic heterocycles. The van der Waals surface area contributed by atoms with Gasteiger partial charge in [-0.3, -0.25) is 9.78 Å². The summed E-state index contributed by atoms with van der Waals surface area (Å²) in [5, 5.41) is 10.8. The lowest BCUT2D eigenvalue weighted by Gasteiger charge is -2.00. The molecule has 78 valence electrons. The van der Waals surface area contributed by atoms with Crippen molar-refractivity contribution in [1.82, 2.24) is 10.3 Å². The van der Waals surface area contributed by atoms with Crippen molar-refractivity contribution in [3.63, 3.8) is 0 Å². The zero-order chi connectivity index (χ0) is 11.1. The van der Waals surface area contributed by atoms with Crippen LogP contribution in [0.4, 0.5) is 0 Å². The Morgan fingerprint density at radius 3 is 2.80 bits per heavy atom. The van der Waals surface area contributed by atoms with Crippen molar-refractivity contribution in [2.75, 3.05) is 0 Å². The summed E-state index contributed by atoms with van der Waals surface area (Å²) in [6.07, 6.45) is 3.37. The van der Waals surface area contributed by atoms with Crippen LogP contribution in [0.2, 0.25) is 0 Å². The van der Waals surface area contributed by atoms with Crippen molar-refractivity contribution in [3.8, 4) is 0 Å². The first-order valence-electron chi connectivity index (χ1n) is 4.27. The Morgan fingerprint density at radius 1 is 1.40 bits per heavy atom. The highest BCUT2D eigenvalue weighted by Crippen LogP contribution is 1.91. The van der Waals surface area contributed by atoms with Crippen molar-refractivity contribution >= 4 is 11.9 Å². The Hall–Kier alpha value is -2.17. The van der Waals surface area contributed by atoms with Crippen LogP contribution >= 0.6 is 0 Å². The topological polar surface area (TPSA) is 79.3 Å². The van der Waals surface area contributed by atoms with Gasteiger partial charge in [0, 0.05) is 18.3 Å². The summed E-state index contributed by atoms with van der Waals surface area (Å²) in [5.41, 5.74) is 0.717. The maximum atomic E-state index is 11.0. The van der Waals surface area contributed by atoms with Gasteiger partial charge in [0.15, 0.2) is 0 Å². The van der Waals surface area contributed by atoms with Crippen molar-refractivity contribution in [1.29, 1.82) is 0 Å². The summed E-state index contributed by atoms with van der Waals surface area (Å²) in [7, 11) is 0. The van der Waals surface area contributed by atoms with Crippen LogP contribution in [0.25, 0.3) is 0 Å². The number of carbonyl (C=O) groups excluding carboxylic acids is 1. The highest BCUT2D eigenvalue weighted by molar-refractivity contribution is 5.93. The van der Waals surface area contributed by atoms with E-state index in [0.29, 0.717) is 0 Å². The molecule has 1 aromatic rings. The molecule has 0 saturated heterocycles. The number of aromatic nitrogens is 1. The Balaban J connectivity index is 2.38. The maximum absolute atomic E-state index is 11.0. The number of nitrogens with one attached hydrogen (secondary N) is 1. The van der Waals surface area contributed by atoms with E-state index in [1.165, 1.54) is 0 Å². The minimum absolute atomic E-state index is 0.281. The molecule has 0 aromatic carbocycles. The standard InChI is InChI=1S/C10H10N2O3/c13-9(4-5-10(14)15)12-7-8-3-1-2-6-11-8/h1-6H,7H2,(H,12,13)(H,14,15)/b5-4-. The third kappa shape index (κ3) is 4.56. The van der Waals surface area contributed by atoms with Crippen molar-refractivity contribution in [3.05, 3.63) is 42.2 Å². The van der Waals surface area contributed by atoms with Crippen molar-refractivity contribution < 1.29 is 14.7 Å². The predicted octanol–water partition coefficient (Wildman–Crippen LogP) is 0.339. The first-order valence-corrected chi connectivity index (χ1v) is 4.27. The summed E-state index contributed by atoms with van der Waals surface area (Å²) < 4.78 is 0. The van der Waals surface area contributed by atoms with Gasteiger partial charge in [-0.1, -0.05) is 6.07 Å². The predicted molar refractivity (Wildman–Crippen MR) is 52.9 cm³/mol. The third-order valence-electron chi connectivity index (χ3n) is 1.55. The summed E-state index contributed by atoms with van der Waals surface area (Å²) in [6, 6.07) is 5.35. The number of pyridine rings is 1. The average molecular weight is 206 g/mol. The molecule has 15 heavy (non-hydrogen) atoms. The van der Waals surface area contributed by atoms with E-state index in [0.717, 1.165) is 17.8 Å². The minimum Gasteiger partial charge on any atom is -0.478 e. The molecular weight excluding hydrogens is 196 g/mol. The van der Waals surface area contributed by atoms with Crippen molar-refractivity contribution in [2.45, 2.75) is 6.54 Å². The van der Waals surface area contributed by atoms with Gasteiger partial charge in [0.1, 0.15) is 0 Å². The minimum atomic E-state index is -1.15. The maximum Gasteiger partial charge on any atom is 0.328 e. The molecule has 0 fully saturated rings. The molecule has 5 nitrogen and oxygen atoms in total. The van der Waals surface area contributed by atoms with Gasteiger partial charge in [-0.25, -0.2) is 4.79 Å². The lowest BCUT2D eigenvalue weighted by atomic mass is 10.3. The molecule has 0 aliphatic heterocycles. The number of rotatable bonds is 4. The molecule has 0 spiro atoms. The first-order chi connectivity index (χ1) is 7.18. The molecule has 1 heterocycles. The molecule has 0 aliphatic carbocycles.